The Morgan fingerprint density at radius 3 is 2.69 bits per heavy atom. The number of carbonyl (C=O) groups excluding carboxylic acids is 1. The zero-order valence-electron chi connectivity index (χ0n) is 20.8. The maximum Gasteiger partial charge on any atom is 0.243 e. The molecule has 35 heavy (non-hydrogen) atoms. The summed E-state index contributed by atoms with van der Waals surface area (Å²) < 4.78 is 29.8. The van der Waals surface area contributed by atoms with Gasteiger partial charge in [-0.05, 0) is 86.8 Å². The number of nitrogens with one attached hydrogen (secondary N) is 1. The van der Waals surface area contributed by atoms with Crippen molar-refractivity contribution in [2.45, 2.75) is 88.6 Å². The molecule has 5 atom stereocenters. The molecule has 0 radical (unpaired) electrons. The van der Waals surface area contributed by atoms with E-state index in [1.807, 2.05) is 6.07 Å². The maximum atomic E-state index is 13.0. The standard InChI is InChI=1S/C27H38N4O3S/c1-2-12-31-25-9-8-19(35(33,34)30-13-3-4-14-30)17-24(25)28-26(31)10-11-27(32)29-23-16-18-15-22(23)21-7-5-6-20(18)21/h8-9,17-18,20-23H,2-7,10-16H2,1H3,(H,29,32)/t18-,20-,21+,22+,23-/m1/s1. The number of benzene rings is 1. The van der Waals surface area contributed by atoms with E-state index < -0.39 is 10.0 Å². The van der Waals surface area contributed by atoms with E-state index >= 15 is 0 Å². The molecule has 2 bridgehead atoms. The fourth-order valence-corrected chi connectivity index (χ4v) is 9.34. The van der Waals surface area contributed by atoms with Crippen molar-refractivity contribution in [3.05, 3.63) is 24.0 Å². The van der Waals surface area contributed by atoms with Crippen molar-refractivity contribution in [1.82, 2.24) is 19.2 Å². The van der Waals surface area contributed by atoms with Crippen molar-refractivity contribution < 1.29 is 13.2 Å². The van der Waals surface area contributed by atoms with Crippen LogP contribution in [0.25, 0.3) is 11.0 Å². The van der Waals surface area contributed by atoms with Gasteiger partial charge in [0.25, 0.3) is 0 Å². The van der Waals surface area contributed by atoms with Gasteiger partial charge in [0.15, 0.2) is 0 Å². The summed E-state index contributed by atoms with van der Waals surface area (Å²) in [6.45, 7) is 4.12. The van der Waals surface area contributed by atoms with Gasteiger partial charge in [-0.1, -0.05) is 13.3 Å². The molecule has 2 heterocycles. The Morgan fingerprint density at radius 1 is 1.09 bits per heavy atom. The van der Waals surface area contributed by atoms with E-state index in [4.69, 9.17) is 4.98 Å². The molecule has 1 aromatic heterocycles. The normalized spacial score (nSPS) is 30.4. The molecule has 8 heteroatoms. The van der Waals surface area contributed by atoms with Crippen molar-refractivity contribution >= 4 is 27.0 Å². The van der Waals surface area contributed by atoms with Crippen LogP contribution in [0, 0.1) is 23.7 Å². The van der Waals surface area contributed by atoms with Crippen LogP contribution in [0.5, 0.6) is 0 Å². The molecule has 0 spiro atoms. The minimum Gasteiger partial charge on any atom is -0.353 e. The van der Waals surface area contributed by atoms with Crippen molar-refractivity contribution in [3.8, 4) is 0 Å². The molecule has 1 aliphatic heterocycles. The lowest BCUT2D eigenvalue weighted by molar-refractivity contribution is -0.122. The number of carbonyl (C=O) groups is 1. The Morgan fingerprint density at radius 2 is 1.89 bits per heavy atom. The Balaban J connectivity index is 1.16. The molecule has 1 aromatic carbocycles. The summed E-state index contributed by atoms with van der Waals surface area (Å²) in [7, 11) is -3.48. The number of hydrogen-bond acceptors (Lipinski definition) is 4. The number of hydrogen-bond donors (Lipinski definition) is 1. The van der Waals surface area contributed by atoms with Crippen LogP contribution >= 0.6 is 0 Å². The minimum absolute atomic E-state index is 0.129. The third-order valence-electron chi connectivity index (χ3n) is 9.30. The van der Waals surface area contributed by atoms with Crippen molar-refractivity contribution in [1.29, 1.82) is 0 Å². The minimum atomic E-state index is -3.48. The highest BCUT2D eigenvalue weighted by Crippen LogP contribution is 2.58. The summed E-state index contributed by atoms with van der Waals surface area (Å²) >= 11 is 0. The van der Waals surface area contributed by atoms with Crippen LogP contribution in [0.15, 0.2) is 23.1 Å². The molecule has 1 N–H and O–H groups in total. The van der Waals surface area contributed by atoms with Gasteiger partial charge in [-0.15, -0.1) is 0 Å². The number of aromatic nitrogens is 2. The first-order valence-electron chi connectivity index (χ1n) is 13.7. The van der Waals surface area contributed by atoms with Gasteiger partial charge in [-0.2, -0.15) is 4.31 Å². The second-order valence-corrected chi connectivity index (χ2v) is 13.2. The van der Waals surface area contributed by atoms with Crippen LogP contribution in [-0.4, -0.2) is 47.3 Å². The molecule has 0 unspecified atom stereocenters. The highest BCUT2D eigenvalue weighted by atomic mass is 32.2. The zero-order chi connectivity index (χ0) is 24.2. The van der Waals surface area contributed by atoms with E-state index in [9.17, 15) is 13.2 Å². The summed E-state index contributed by atoms with van der Waals surface area (Å²) in [6, 6.07) is 5.68. The molecule has 3 saturated carbocycles. The van der Waals surface area contributed by atoms with Crippen LogP contribution in [0.4, 0.5) is 0 Å². The Hall–Kier alpha value is -1.93. The van der Waals surface area contributed by atoms with Gasteiger partial charge in [0.2, 0.25) is 15.9 Å². The average molecular weight is 499 g/mol. The van der Waals surface area contributed by atoms with Gasteiger partial charge in [-0.3, -0.25) is 4.79 Å². The third-order valence-corrected chi connectivity index (χ3v) is 11.2. The summed E-state index contributed by atoms with van der Waals surface area (Å²) in [5.74, 6) is 4.30. The monoisotopic (exact) mass is 498 g/mol. The predicted molar refractivity (Wildman–Crippen MR) is 135 cm³/mol. The van der Waals surface area contributed by atoms with Gasteiger partial charge in [0.05, 0.1) is 15.9 Å². The molecule has 4 fully saturated rings. The number of imidazole rings is 1. The number of fused-ring (bicyclic) bond motifs is 6. The summed E-state index contributed by atoms with van der Waals surface area (Å²) in [5, 5.41) is 3.38. The van der Waals surface area contributed by atoms with Gasteiger partial charge in [0.1, 0.15) is 5.82 Å². The maximum absolute atomic E-state index is 13.0. The molecule has 190 valence electrons. The van der Waals surface area contributed by atoms with Crippen LogP contribution < -0.4 is 5.32 Å². The van der Waals surface area contributed by atoms with Crippen LogP contribution in [-0.2, 0) is 27.8 Å². The molecular weight excluding hydrogens is 460 g/mol. The predicted octanol–water partition coefficient (Wildman–Crippen LogP) is 4.10. The van der Waals surface area contributed by atoms with Crippen LogP contribution in [0.1, 0.15) is 70.5 Å². The molecule has 3 aliphatic carbocycles. The third kappa shape index (κ3) is 4.10. The molecular formula is C27H38N4O3S. The van der Waals surface area contributed by atoms with Gasteiger partial charge < -0.3 is 9.88 Å². The molecule has 6 rings (SSSR count). The van der Waals surface area contributed by atoms with E-state index in [1.165, 1.54) is 32.1 Å². The zero-order valence-corrected chi connectivity index (χ0v) is 21.6. The first kappa shape index (κ1) is 23.5. The molecule has 4 aliphatic rings. The number of rotatable bonds is 8. The quantitative estimate of drug-likeness (QED) is 0.594. The smallest absolute Gasteiger partial charge is 0.243 e. The molecule has 1 amide bonds. The van der Waals surface area contributed by atoms with Crippen molar-refractivity contribution in [2.75, 3.05) is 13.1 Å². The fourth-order valence-electron chi connectivity index (χ4n) is 7.80. The topological polar surface area (TPSA) is 84.3 Å². The highest BCUT2D eigenvalue weighted by Gasteiger charge is 2.53. The van der Waals surface area contributed by atoms with Crippen LogP contribution in [0.3, 0.4) is 0 Å². The lowest BCUT2D eigenvalue weighted by Crippen LogP contribution is -2.42. The largest absolute Gasteiger partial charge is 0.353 e. The van der Waals surface area contributed by atoms with Gasteiger partial charge >= 0.3 is 0 Å². The molecule has 2 aromatic rings. The second-order valence-electron chi connectivity index (χ2n) is 11.3. The number of aryl methyl sites for hydroxylation is 2. The fraction of sp³-hybridized carbons (Fsp3) is 0.704. The summed E-state index contributed by atoms with van der Waals surface area (Å²) in [4.78, 5) is 18.1. The van der Waals surface area contributed by atoms with Gasteiger partial charge in [-0.25, -0.2) is 13.4 Å². The number of nitrogens with zero attached hydrogens (tertiary/aromatic N) is 3. The molecule has 1 saturated heterocycles. The number of sulfonamides is 1. The van der Waals surface area contributed by atoms with E-state index in [0.717, 1.165) is 54.9 Å². The van der Waals surface area contributed by atoms with E-state index in [1.54, 1.807) is 16.4 Å². The van der Waals surface area contributed by atoms with Crippen LogP contribution in [0.2, 0.25) is 0 Å². The number of amides is 1. The Bertz CT molecular complexity index is 1220. The second kappa shape index (κ2) is 9.18. The first-order chi connectivity index (χ1) is 17.0. The summed E-state index contributed by atoms with van der Waals surface area (Å²) in [6.07, 6.45) is 10.4. The summed E-state index contributed by atoms with van der Waals surface area (Å²) in [5.41, 5.74) is 1.65. The lowest BCUT2D eigenvalue weighted by atomic mass is 9.79. The first-order valence-corrected chi connectivity index (χ1v) is 15.2. The van der Waals surface area contributed by atoms with E-state index in [0.29, 0.717) is 48.3 Å². The average Bonchev–Trinajstić information content (AvgIpc) is 3.65. The Kier molecular flexibility index (Phi) is 6.16. The van der Waals surface area contributed by atoms with E-state index in [-0.39, 0.29) is 5.91 Å². The highest BCUT2D eigenvalue weighted by molar-refractivity contribution is 7.89. The lowest BCUT2D eigenvalue weighted by Gasteiger charge is -2.32. The van der Waals surface area contributed by atoms with Crippen molar-refractivity contribution in [3.63, 3.8) is 0 Å². The Labute approximate surface area is 208 Å². The van der Waals surface area contributed by atoms with Gasteiger partial charge in [0, 0.05) is 38.5 Å². The SMILES string of the molecule is CCCn1c(CCC(=O)N[C@@H]2C[C@H]3C[C@H]2[C@H]2CCC[C@H]32)nc2cc(S(=O)(=O)N3CCCC3)ccc21. The molecule has 7 nitrogen and oxygen atoms in total. The van der Waals surface area contributed by atoms with E-state index in [2.05, 4.69) is 16.8 Å². The van der Waals surface area contributed by atoms with Crippen molar-refractivity contribution in [2.24, 2.45) is 23.7 Å².